The molecule has 1 amide bonds. The summed E-state index contributed by atoms with van der Waals surface area (Å²) in [5.41, 5.74) is 2.40. The summed E-state index contributed by atoms with van der Waals surface area (Å²) >= 11 is 0. The molecule has 1 fully saturated rings. The first-order valence-corrected chi connectivity index (χ1v) is 7.16. The highest BCUT2D eigenvalue weighted by molar-refractivity contribution is 6.00. The van der Waals surface area contributed by atoms with Crippen LogP contribution in [0.15, 0.2) is 22.8 Å². The number of rotatable bonds is 3. The highest BCUT2D eigenvalue weighted by Crippen LogP contribution is 2.40. The third-order valence-electron chi connectivity index (χ3n) is 3.49. The maximum Gasteiger partial charge on any atom is 0.407 e. The summed E-state index contributed by atoms with van der Waals surface area (Å²) in [6, 6.07) is 0. The zero-order chi connectivity index (χ0) is 14.9. The molecule has 20 heavy (non-hydrogen) atoms. The van der Waals surface area contributed by atoms with Gasteiger partial charge in [0, 0.05) is 18.5 Å². The molecule has 2 aliphatic carbocycles. The Morgan fingerprint density at radius 3 is 2.55 bits per heavy atom. The molecular weight excluding hydrogens is 254 g/mol. The number of ether oxygens (including phenoxy) is 1. The van der Waals surface area contributed by atoms with E-state index in [9.17, 15) is 9.59 Å². The van der Waals surface area contributed by atoms with E-state index in [0.29, 0.717) is 17.9 Å². The average molecular weight is 277 g/mol. The van der Waals surface area contributed by atoms with E-state index in [4.69, 9.17) is 4.74 Å². The van der Waals surface area contributed by atoms with Gasteiger partial charge < -0.3 is 10.1 Å². The lowest BCUT2D eigenvalue weighted by atomic mass is 9.89. The van der Waals surface area contributed by atoms with E-state index in [1.165, 1.54) is 18.4 Å². The molecule has 0 unspecified atom stereocenters. The average Bonchev–Trinajstić information content (AvgIpc) is 3.08. The topological polar surface area (TPSA) is 55.4 Å². The minimum Gasteiger partial charge on any atom is -0.444 e. The number of ketones is 1. The van der Waals surface area contributed by atoms with E-state index in [1.807, 2.05) is 27.7 Å². The summed E-state index contributed by atoms with van der Waals surface area (Å²) in [6.07, 6.45) is 4.55. The van der Waals surface area contributed by atoms with Gasteiger partial charge in [0.2, 0.25) is 0 Å². The Labute approximate surface area is 120 Å². The van der Waals surface area contributed by atoms with Crippen LogP contribution in [0.2, 0.25) is 0 Å². The summed E-state index contributed by atoms with van der Waals surface area (Å²) in [7, 11) is 0. The number of carbonyl (C=O) groups is 2. The van der Waals surface area contributed by atoms with Gasteiger partial charge in [-0.05, 0) is 52.0 Å². The van der Waals surface area contributed by atoms with Crippen LogP contribution in [0.4, 0.5) is 4.79 Å². The molecule has 0 aromatic carbocycles. The van der Waals surface area contributed by atoms with Gasteiger partial charge in [-0.1, -0.05) is 11.6 Å². The molecule has 1 N–H and O–H groups in total. The third kappa shape index (κ3) is 3.95. The summed E-state index contributed by atoms with van der Waals surface area (Å²) < 4.78 is 5.17. The van der Waals surface area contributed by atoms with Crippen LogP contribution >= 0.6 is 0 Å². The monoisotopic (exact) mass is 277 g/mol. The minimum absolute atomic E-state index is 0.128. The molecule has 0 aromatic rings. The summed E-state index contributed by atoms with van der Waals surface area (Å²) in [6.45, 7) is 7.62. The lowest BCUT2D eigenvalue weighted by molar-refractivity contribution is -0.115. The van der Waals surface area contributed by atoms with Crippen LogP contribution in [-0.2, 0) is 9.53 Å². The molecule has 0 radical (unpaired) electrons. The van der Waals surface area contributed by atoms with Crippen molar-refractivity contribution < 1.29 is 14.3 Å². The Morgan fingerprint density at radius 2 is 2.05 bits per heavy atom. The van der Waals surface area contributed by atoms with Gasteiger partial charge in [-0.3, -0.25) is 4.79 Å². The number of allylic oxidation sites excluding steroid dienone is 3. The van der Waals surface area contributed by atoms with Gasteiger partial charge in [-0.25, -0.2) is 4.79 Å². The van der Waals surface area contributed by atoms with E-state index in [-0.39, 0.29) is 12.3 Å². The summed E-state index contributed by atoms with van der Waals surface area (Å²) in [5, 5.41) is 2.66. The van der Waals surface area contributed by atoms with Gasteiger partial charge in [-0.15, -0.1) is 0 Å². The van der Waals surface area contributed by atoms with E-state index < -0.39 is 11.7 Å². The standard InChI is InChI=1S/C16H23NO3/c1-10-7-12(11-5-6-11)8-14(18)13(10)9-17-15(19)20-16(2,3)4/h7,11H,5-6,8-9H2,1-4H3,(H,17,19). The van der Waals surface area contributed by atoms with Crippen molar-refractivity contribution in [1.29, 1.82) is 0 Å². The first-order chi connectivity index (χ1) is 9.26. The molecule has 4 nitrogen and oxygen atoms in total. The zero-order valence-corrected chi connectivity index (χ0v) is 12.7. The van der Waals surface area contributed by atoms with Crippen molar-refractivity contribution >= 4 is 11.9 Å². The third-order valence-corrected chi connectivity index (χ3v) is 3.49. The SMILES string of the molecule is CC1=C(CNC(=O)OC(C)(C)C)C(=O)CC(C2CC2)=C1. The molecule has 0 atom stereocenters. The van der Waals surface area contributed by atoms with Crippen molar-refractivity contribution in [3.05, 3.63) is 22.8 Å². The Kier molecular flexibility index (Phi) is 4.02. The van der Waals surface area contributed by atoms with E-state index in [2.05, 4.69) is 11.4 Å². The molecule has 4 heteroatoms. The number of hydrogen-bond acceptors (Lipinski definition) is 3. The van der Waals surface area contributed by atoms with Gasteiger partial charge in [0.05, 0.1) is 0 Å². The second-order valence-electron chi connectivity index (χ2n) is 6.61. The fourth-order valence-corrected chi connectivity index (χ4v) is 2.36. The Hall–Kier alpha value is -1.58. The molecule has 0 spiro atoms. The molecule has 2 rings (SSSR count). The second kappa shape index (κ2) is 5.43. The lowest BCUT2D eigenvalue weighted by Gasteiger charge is -2.21. The number of amides is 1. The van der Waals surface area contributed by atoms with Gasteiger partial charge in [-0.2, -0.15) is 0 Å². The molecule has 110 valence electrons. The number of hydrogen-bond donors (Lipinski definition) is 1. The Bertz CT molecular complexity index is 490. The molecule has 0 aliphatic heterocycles. The second-order valence-corrected chi connectivity index (χ2v) is 6.61. The molecular formula is C16H23NO3. The van der Waals surface area contributed by atoms with E-state index in [1.54, 1.807) is 0 Å². The van der Waals surface area contributed by atoms with Crippen LogP contribution in [0.3, 0.4) is 0 Å². The first-order valence-electron chi connectivity index (χ1n) is 7.16. The molecule has 1 saturated carbocycles. The predicted molar refractivity (Wildman–Crippen MR) is 77.4 cm³/mol. The van der Waals surface area contributed by atoms with Crippen LogP contribution in [0.5, 0.6) is 0 Å². The quantitative estimate of drug-likeness (QED) is 0.862. The maximum atomic E-state index is 12.2. The van der Waals surface area contributed by atoms with Crippen LogP contribution in [-0.4, -0.2) is 24.0 Å². The van der Waals surface area contributed by atoms with E-state index >= 15 is 0 Å². The summed E-state index contributed by atoms with van der Waals surface area (Å²) in [4.78, 5) is 23.8. The van der Waals surface area contributed by atoms with Crippen molar-refractivity contribution in [1.82, 2.24) is 5.32 Å². The number of Topliss-reactive ketones (excluding diaryl/α,β-unsaturated/α-hetero) is 1. The van der Waals surface area contributed by atoms with Gasteiger partial charge >= 0.3 is 6.09 Å². The summed E-state index contributed by atoms with van der Waals surface area (Å²) in [5.74, 6) is 0.747. The Balaban J connectivity index is 1.96. The van der Waals surface area contributed by atoms with Crippen LogP contribution in [0, 0.1) is 5.92 Å². The fourth-order valence-electron chi connectivity index (χ4n) is 2.36. The molecule has 2 aliphatic rings. The number of alkyl carbamates (subject to hydrolysis) is 1. The molecule has 0 aromatic heterocycles. The van der Waals surface area contributed by atoms with Gasteiger partial charge in [0.15, 0.2) is 5.78 Å². The molecule has 0 bridgehead atoms. The number of nitrogens with one attached hydrogen (secondary N) is 1. The van der Waals surface area contributed by atoms with Crippen molar-refractivity contribution in [3.63, 3.8) is 0 Å². The zero-order valence-electron chi connectivity index (χ0n) is 12.7. The van der Waals surface area contributed by atoms with Gasteiger partial charge in [0.1, 0.15) is 5.60 Å². The largest absolute Gasteiger partial charge is 0.444 e. The maximum absolute atomic E-state index is 12.2. The van der Waals surface area contributed by atoms with Crippen molar-refractivity contribution in [2.24, 2.45) is 5.92 Å². The van der Waals surface area contributed by atoms with Crippen molar-refractivity contribution in [2.75, 3.05) is 6.54 Å². The number of carbonyl (C=O) groups excluding carboxylic acids is 2. The van der Waals surface area contributed by atoms with Crippen LogP contribution in [0.1, 0.15) is 47.0 Å². The fraction of sp³-hybridized carbons (Fsp3) is 0.625. The highest BCUT2D eigenvalue weighted by atomic mass is 16.6. The van der Waals surface area contributed by atoms with E-state index in [0.717, 1.165) is 5.57 Å². The normalized spacial score (nSPS) is 19.8. The predicted octanol–water partition coefficient (Wildman–Crippen LogP) is 3.14. The minimum atomic E-state index is -0.525. The highest BCUT2D eigenvalue weighted by Gasteiger charge is 2.30. The van der Waals surface area contributed by atoms with Crippen molar-refractivity contribution in [2.45, 2.75) is 52.6 Å². The first kappa shape index (κ1) is 14.8. The lowest BCUT2D eigenvalue weighted by Crippen LogP contribution is -2.35. The van der Waals surface area contributed by atoms with Crippen LogP contribution < -0.4 is 5.32 Å². The molecule has 0 saturated heterocycles. The molecule has 0 heterocycles. The van der Waals surface area contributed by atoms with Crippen LogP contribution in [0.25, 0.3) is 0 Å². The van der Waals surface area contributed by atoms with Crippen molar-refractivity contribution in [3.8, 4) is 0 Å². The van der Waals surface area contributed by atoms with Gasteiger partial charge in [0.25, 0.3) is 0 Å². The Morgan fingerprint density at radius 1 is 1.40 bits per heavy atom. The smallest absolute Gasteiger partial charge is 0.407 e.